The molecule has 0 saturated carbocycles. The van der Waals surface area contributed by atoms with E-state index in [4.69, 9.17) is 10.3 Å². The van der Waals surface area contributed by atoms with E-state index in [9.17, 15) is 13.6 Å². The fraction of sp³-hybridized carbons (Fsp3) is 0. The van der Waals surface area contributed by atoms with E-state index in [-0.39, 0.29) is 28.3 Å². The lowest BCUT2D eigenvalue weighted by molar-refractivity contribution is 0.436. The van der Waals surface area contributed by atoms with Crippen molar-refractivity contribution in [2.45, 2.75) is 0 Å². The quantitative estimate of drug-likeness (QED) is 0.759. The average molecular weight is 289 g/mol. The number of H-pyrrole nitrogens is 1. The van der Waals surface area contributed by atoms with Crippen LogP contribution in [0.5, 0.6) is 0 Å². The SMILES string of the molecule is Nc1noc(-c2cc[nH]c(=O)c2)c1-c1ccc(F)cc1F. The van der Waals surface area contributed by atoms with Gasteiger partial charge in [0.2, 0.25) is 5.56 Å². The molecule has 106 valence electrons. The summed E-state index contributed by atoms with van der Waals surface area (Å²) in [6.07, 6.45) is 1.42. The highest BCUT2D eigenvalue weighted by molar-refractivity contribution is 5.86. The van der Waals surface area contributed by atoms with E-state index in [0.29, 0.717) is 5.56 Å². The first-order chi connectivity index (χ1) is 10.1. The zero-order valence-corrected chi connectivity index (χ0v) is 10.6. The van der Waals surface area contributed by atoms with Crippen LogP contribution < -0.4 is 11.3 Å². The molecule has 5 nitrogen and oxygen atoms in total. The summed E-state index contributed by atoms with van der Waals surface area (Å²) in [6, 6.07) is 5.91. The van der Waals surface area contributed by atoms with Gasteiger partial charge in [0.15, 0.2) is 11.6 Å². The van der Waals surface area contributed by atoms with Gasteiger partial charge in [0, 0.05) is 29.5 Å². The maximum Gasteiger partial charge on any atom is 0.248 e. The number of anilines is 1. The standard InChI is InChI=1S/C14H9F2N3O2/c15-8-1-2-9(10(16)6-8)12-13(21-19-14(12)17)7-3-4-18-11(20)5-7/h1-6H,(H2,17,19)(H,18,20). The van der Waals surface area contributed by atoms with Gasteiger partial charge in [-0.3, -0.25) is 4.79 Å². The van der Waals surface area contributed by atoms with Gasteiger partial charge in [-0.05, 0) is 18.2 Å². The zero-order chi connectivity index (χ0) is 15.0. The second kappa shape index (κ2) is 4.86. The molecular weight excluding hydrogens is 280 g/mol. The number of pyridine rings is 1. The predicted octanol–water partition coefficient (Wildman–Crippen LogP) is 2.56. The molecule has 3 rings (SSSR count). The van der Waals surface area contributed by atoms with Gasteiger partial charge in [-0.1, -0.05) is 5.16 Å². The van der Waals surface area contributed by atoms with E-state index in [1.807, 2.05) is 0 Å². The number of nitrogen functional groups attached to an aromatic ring is 1. The number of rotatable bonds is 2. The molecule has 2 aromatic heterocycles. The number of aromatic amines is 1. The molecule has 21 heavy (non-hydrogen) atoms. The summed E-state index contributed by atoms with van der Waals surface area (Å²) in [5.41, 5.74) is 5.97. The number of nitrogens with zero attached hydrogens (tertiary/aromatic N) is 1. The molecule has 0 bridgehead atoms. The maximum atomic E-state index is 13.9. The van der Waals surface area contributed by atoms with Gasteiger partial charge in [-0.2, -0.15) is 0 Å². The number of halogens is 2. The van der Waals surface area contributed by atoms with E-state index in [0.717, 1.165) is 12.1 Å². The Labute approximate surface area is 117 Å². The van der Waals surface area contributed by atoms with Crippen molar-refractivity contribution in [3.63, 3.8) is 0 Å². The van der Waals surface area contributed by atoms with E-state index >= 15 is 0 Å². The molecule has 0 aliphatic carbocycles. The molecule has 7 heteroatoms. The summed E-state index contributed by atoms with van der Waals surface area (Å²) >= 11 is 0. The van der Waals surface area contributed by atoms with Gasteiger partial charge >= 0.3 is 0 Å². The van der Waals surface area contributed by atoms with Crippen LogP contribution in [0.1, 0.15) is 0 Å². The summed E-state index contributed by atoms with van der Waals surface area (Å²) in [4.78, 5) is 13.8. The Hall–Kier alpha value is -2.96. The van der Waals surface area contributed by atoms with Gasteiger partial charge in [0.25, 0.3) is 0 Å². The fourth-order valence-electron chi connectivity index (χ4n) is 2.04. The van der Waals surface area contributed by atoms with Crippen molar-refractivity contribution >= 4 is 5.82 Å². The molecule has 0 aliphatic heterocycles. The highest BCUT2D eigenvalue weighted by Gasteiger charge is 2.21. The third-order valence-electron chi connectivity index (χ3n) is 2.96. The summed E-state index contributed by atoms with van der Waals surface area (Å²) in [5, 5.41) is 3.59. The molecule has 0 fully saturated rings. The lowest BCUT2D eigenvalue weighted by Gasteiger charge is -2.04. The number of hydrogen-bond donors (Lipinski definition) is 2. The normalized spacial score (nSPS) is 10.8. The van der Waals surface area contributed by atoms with Crippen molar-refractivity contribution in [3.05, 3.63) is 58.5 Å². The zero-order valence-electron chi connectivity index (χ0n) is 10.6. The Kier molecular flexibility index (Phi) is 3.02. The summed E-state index contributed by atoms with van der Waals surface area (Å²) in [5.74, 6) is -1.40. The number of hydrogen-bond acceptors (Lipinski definition) is 4. The monoisotopic (exact) mass is 289 g/mol. The van der Waals surface area contributed by atoms with E-state index in [1.165, 1.54) is 18.3 Å². The van der Waals surface area contributed by atoms with Crippen LogP contribution in [0.3, 0.4) is 0 Å². The first-order valence-corrected chi connectivity index (χ1v) is 5.96. The van der Waals surface area contributed by atoms with Crippen molar-refractivity contribution in [3.8, 4) is 22.5 Å². The fourth-order valence-corrected chi connectivity index (χ4v) is 2.04. The Bertz CT molecular complexity index is 871. The largest absolute Gasteiger partial charge is 0.380 e. The molecule has 0 spiro atoms. The molecule has 0 unspecified atom stereocenters. The van der Waals surface area contributed by atoms with Gasteiger partial charge in [0.05, 0.1) is 5.56 Å². The number of nitrogens with one attached hydrogen (secondary N) is 1. The van der Waals surface area contributed by atoms with Crippen LogP contribution in [0, 0.1) is 11.6 Å². The molecule has 0 radical (unpaired) electrons. The van der Waals surface area contributed by atoms with Gasteiger partial charge in [0.1, 0.15) is 11.6 Å². The summed E-state index contributed by atoms with van der Waals surface area (Å²) in [7, 11) is 0. The Morgan fingerprint density at radius 3 is 2.71 bits per heavy atom. The molecule has 0 aliphatic rings. The minimum absolute atomic E-state index is 0.0456. The Balaban J connectivity index is 2.24. The van der Waals surface area contributed by atoms with E-state index in [1.54, 1.807) is 6.07 Å². The third-order valence-corrected chi connectivity index (χ3v) is 2.96. The van der Waals surface area contributed by atoms with Gasteiger partial charge in [-0.15, -0.1) is 0 Å². The van der Waals surface area contributed by atoms with Crippen LogP contribution in [-0.2, 0) is 0 Å². The van der Waals surface area contributed by atoms with Crippen LogP contribution in [-0.4, -0.2) is 10.1 Å². The molecule has 2 heterocycles. The Morgan fingerprint density at radius 2 is 2.00 bits per heavy atom. The van der Waals surface area contributed by atoms with Crippen LogP contribution in [0.15, 0.2) is 45.8 Å². The smallest absolute Gasteiger partial charge is 0.248 e. The molecule has 0 saturated heterocycles. The minimum Gasteiger partial charge on any atom is -0.380 e. The maximum absolute atomic E-state index is 13.9. The first-order valence-electron chi connectivity index (χ1n) is 5.96. The second-order valence-electron chi connectivity index (χ2n) is 4.34. The van der Waals surface area contributed by atoms with Gasteiger partial charge < -0.3 is 15.2 Å². The number of nitrogens with two attached hydrogens (primary N) is 1. The minimum atomic E-state index is -0.795. The molecule has 3 N–H and O–H groups in total. The van der Waals surface area contributed by atoms with E-state index < -0.39 is 11.6 Å². The molecule has 1 aromatic carbocycles. The van der Waals surface area contributed by atoms with Crippen molar-refractivity contribution < 1.29 is 13.3 Å². The van der Waals surface area contributed by atoms with Crippen LogP contribution in [0.25, 0.3) is 22.5 Å². The average Bonchev–Trinajstić information content (AvgIpc) is 2.81. The van der Waals surface area contributed by atoms with Crippen molar-refractivity contribution in [2.75, 3.05) is 5.73 Å². The topological polar surface area (TPSA) is 84.9 Å². The highest BCUT2D eigenvalue weighted by atomic mass is 19.1. The lowest BCUT2D eigenvalue weighted by atomic mass is 10.0. The summed E-state index contributed by atoms with van der Waals surface area (Å²) < 4.78 is 32.0. The highest BCUT2D eigenvalue weighted by Crippen LogP contribution is 2.37. The van der Waals surface area contributed by atoms with Crippen molar-refractivity contribution in [1.29, 1.82) is 0 Å². The molecular formula is C14H9F2N3O2. The van der Waals surface area contributed by atoms with E-state index in [2.05, 4.69) is 10.1 Å². The lowest BCUT2D eigenvalue weighted by Crippen LogP contribution is -2.02. The van der Waals surface area contributed by atoms with Crippen molar-refractivity contribution in [1.82, 2.24) is 10.1 Å². The summed E-state index contributed by atoms with van der Waals surface area (Å²) in [6.45, 7) is 0. The molecule has 0 amide bonds. The van der Waals surface area contributed by atoms with Gasteiger partial charge in [-0.25, -0.2) is 8.78 Å². The third kappa shape index (κ3) is 2.29. The van der Waals surface area contributed by atoms with Crippen LogP contribution in [0.4, 0.5) is 14.6 Å². The first kappa shape index (κ1) is 13.0. The van der Waals surface area contributed by atoms with Crippen LogP contribution >= 0.6 is 0 Å². The van der Waals surface area contributed by atoms with Crippen molar-refractivity contribution in [2.24, 2.45) is 0 Å². The molecule has 3 aromatic rings. The second-order valence-corrected chi connectivity index (χ2v) is 4.34. The molecule has 0 atom stereocenters. The predicted molar refractivity (Wildman–Crippen MR) is 72.3 cm³/mol. The van der Waals surface area contributed by atoms with Crippen LogP contribution in [0.2, 0.25) is 0 Å². The number of aromatic nitrogens is 2. The number of benzene rings is 1. The Morgan fingerprint density at radius 1 is 1.19 bits per heavy atom.